The fourth-order valence-corrected chi connectivity index (χ4v) is 1.62. The summed E-state index contributed by atoms with van der Waals surface area (Å²) in [6.07, 6.45) is 0. The first-order valence-corrected chi connectivity index (χ1v) is 5.77. The molecule has 2 rings (SSSR count). The van der Waals surface area contributed by atoms with Gasteiger partial charge in [-0.25, -0.2) is 0 Å². The van der Waals surface area contributed by atoms with Gasteiger partial charge in [0.05, 0.1) is 23.6 Å². The van der Waals surface area contributed by atoms with Crippen molar-refractivity contribution in [1.29, 1.82) is 0 Å². The van der Waals surface area contributed by atoms with E-state index in [2.05, 4.69) is 10.6 Å². The van der Waals surface area contributed by atoms with Gasteiger partial charge >= 0.3 is 0 Å². The number of anilines is 3. The van der Waals surface area contributed by atoms with Crippen molar-refractivity contribution in [3.05, 3.63) is 12.1 Å². The molecule has 1 aromatic rings. The number of benzene rings is 1. The average Bonchev–Trinajstić information content (AvgIpc) is 2.36. The predicted octanol–water partition coefficient (Wildman–Crippen LogP) is 0.0998. The van der Waals surface area contributed by atoms with E-state index in [1.54, 1.807) is 26.2 Å². The van der Waals surface area contributed by atoms with Crippen molar-refractivity contribution < 1.29 is 14.3 Å². The average molecular weight is 264 g/mol. The largest absolute Gasteiger partial charge is 0.482 e. The van der Waals surface area contributed by atoms with Gasteiger partial charge in [0.25, 0.3) is 5.91 Å². The number of nitrogens with one attached hydrogen (secondary N) is 2. The maximum Gasteiger partial charge on any atom is 0.262 e. The van der Waals surface area contributed by atoms with Crippen LogP contribution in [0.3, 0.4) is 0 Å². The van der Waals surface area contributed by atoms with Gasteiger partial charge in [0.2, 0.25) is 5.91 Å². The Labute approximate surface area is 110 Å². The second-order valence-electron chi connectivity index (χ2n) is 4.41. The van der Waals surface area contributed by atoms with Crippen molar-refractivity contribution in [3.8, 4) is 5.75 Å². The van der Waals surface area contributed by atoms with Crippen LogP contribution in [0.1, 0.15) is 0 Å². The molecule has 0 aliphatic carbocycles. The zero-order valence-corrected chi connectivity index (χ0v) is 10.8. The molecule has 0 atom stereocenters. The van der Waals surface area contributed by atoms with E-state index in [-0.39, 0.29) is 25.0 Å². The molecule has 0 saturated heterocycles. The highest BCUT2D eigenvalue weighted by atomic mass is 16.5. The Morgan fingerprint density at radius 2 is 2.26 bits per heavy atom. The minimum atomic E-state index is -0.215. The number of carbonyl (C=O) groups is 2. The highest BCUT2D eigenvalue weighted by molar-refractivity contribution is 5.97. The molecule has 1 aliphatic rings. The van der Waals surface area contributed by atoms with Gasteiger partial charge in [-0.15, -0.1) is 0 Å². The van der Waals surface area contributed by atoms with Gasteiger partial charge in [0, 0.05) is 20.2 Å². The first kappa shape index (κ1) is 13.0. The van der Waals surface area contributed by atoms with E-state index in [9.17, 15) is 9.59 Å². The van der Waals surface area contributed by atoms with Gasteiger partial charge < -0.3 is 26.0 Å². The Balaban J connectivity index is 2.15. The number of amides is 2. The summed E-state index contributed by atoms with van der Waals surface area (Å²) in [7, 11) is 3.35. The first-order chi connectivity index (χ1) is 8.97. The number of ether oxygens (including phenoxy) is 1. The number of hydrogen-bond donors (Lipinski definition) is 3. The summed E-state index contributed by atoms with van der Waals surface area (Å²) in [5, 5.41) is 5.62. The number of nitrogens with zero attached hydrogens (tertiary/aromatic N) is 1. The Kier molecular flexibility index (Phi) is 3.46. The molecule has 0 unspecified atom stereocenters. The number of carbonyl (C=O) groups excluding carboxylic acids is 2. The summed E-state index contributed by atoms with van der Waals surface area (Å²) in [5.41, 5.74) is 7.45. The van der Waals surface area contributed by atoms with Crippen LogP contribution in [-0.4, -0.2) is 44.0 Å². The van der Waals surface area contributed by atoms with E-state index in [1.807, 2.05) is 0 Å². The monoisotopic (exact) mass is 264 g/mol. The lowest BCUT2D eigenvalue weighted by molar-refractivity contribution is -0.126. The van der Waals surface area contributed by atoms with Crippen LogP contribution in [0.25, 0.3) is 0 Å². The minimum absolute atomic E-state index is 0.0155. The van der Waals surface area contributed by atoms with Crippen LogP contribution in [-0.2, 0) is 9.59 Å². The van der Waals surface area contributed by atoms with E-state index >= 15 is 0 Å². The lowest BCUT2D eigenvalue weighted by Crippen LogP contribution is -2.29. The maximum absolute atomic E-state index is 11.5. The highest BCUT2D eigenvalue weighted by Gasteiger charge is 2.18. The Hall–Kier alpha value is -2.44. The molecular formula is C12H16N4O3. The number of hydrogen-bond acceptors (Lipinski definition) is 5. The zero-order valence-electron chi connectivity index (χ0n) is 10.8. The number of likely N-dealkylation sites (N-methyl/N-ethyl adjacent to an activating group) is 1. The van der Waals surface area contributed by atoms with E-state index in [0.29, 0.717) is 22.8 Å². The Morgan fingerprint density at radius 3 is 2.95 bits per heavy atom. The van der Waals surface area contributed by atoms with Gasteiger partial charge in [-0.05, 0) is 6.07 Å². The third kappa shape index (κ3) is 2.87. The molecule has 102 valence electrons. The van der Waals surface area contributed by atoms with Crippen molar-refractivity contribution in [2.75, 3.05) is 43.6 Å². The molecule has 1 heterocycles. The van der Waals surface area contributed by atoms with Crippen molar-refractivity contribution >= 4 is 28.9 Å². The Morgan fingerprint density at radius 1 is 1.53 bits per heavy atom. The van der Waals surface area contributed by atoms with Crippen LogP contribution in [0, 0.1) is 0 Å². The van der Waals surface area contributed by atoms with E-state index in [0.717, 1.165) is 0 Å². The van der Waals surface area contributed by atoms with E-state index < -0.39 is 0 Å². The minimum Gasteiger partial charge on any atom is -0.482 e. The number of nitrogen functional groups attached to an aromatic ring is 1. The summed E-state index contributed by atoms with van der Waals surface area (Å²) < 4.78 is 5.24. The number of nitrogens with two attached hydrogens (primary N) is 1. The van der Waals surface area contributed by atoms with Crippen LogP contribution in [0.5, 0.6) is 5.75 Å². The van der Waals surface area contributed by atoms with Crippen LogP contribution in [0.2, 0.25) is 0 Å². The second-order valence-corrected chi connectivity index (χ2v) is 4.41. The summed E-state index contributed by atoms with van der Waals surface area (Å²) in [5.74, 6) is 0.242. The van der Waals surface area contributed by atoms with Crippen LogP contribution in [0.4, 0.5) is 17.1 Å². The van der Waals surface area contributed by atoms with Crippen molar-refractivity contribution in [3.63, 3.8) is 0 Å². The maximum atomic E-state index is 11.5. The number of fused-ring (bicyclic) bond motifs is 1. The fraction of sp³-hybridized carbons (Fsp3) is 0.333. The summed E-state index contributed by atoms with van der Waals surface area (Å²) in [6.45, 7) is 0.114. The standard InChI is InChI=1S/C12H16N4O3/c1-16(2)12(18)5-14-8-4-9-10(3-7(8)13)19-6-11(17)15-9/h3-4,14H,5-6,13H2,1-2H3,(H,15,17). The molecule has 4 N–H and O–H groups in total. The highest BCUT2D eigenvalue weighted by Crippen LogP contribution is 2.34. The normalized spacial score (nSPS) is 13.1. The molecule has 0 bridgehead atoms. The summed E-state index contributed by atoms with van der Waals surface area (Å²) >= 11 is 0. The third-order valence-electron chi connectivity index (χ3n) is 2.71. The smallest absolute Gasteiger partial charge is 0.262 e. The van der Waals surface area contributed by atoms with Gasteiger partial charge in [-0.3, -0.25) is 9.59 Å². The summed E-state index contributed by atoms with van der Waals surface area (Å²) in [4.78, 5) is 24.2. The molecule has 0 aromatic heterocycles. The quantitative estimate of drug-likeness (QED) is 0.673. The molecule has 1 aromatic carbocycles. The topological polar surface area (TPSA) is 96.7 Å². The summed E-state index contributed by atoms with van der Waals surface area (Å²) in [6, 6.07) is 3.28. The van der Waals surface area contributed by atoms with E-state index in [4.69, 9.17) is 10.5 Å². The van der Waals surface area contributed by atoms with Crippen LogP contribution >= 0.6 is 0 Å². The molecule has 7 heteroatoms. The van der Waals surface area contributed by atoms with Gasteiger partial charge in [-0.1, -0.05) is 0 Å². The second kappa shape index (κ2) is 5.05. The van der Waals surface area contributed by atoms with Crippen LogP contribution in [0.15, 0.2) is 12.1 Å². The van der Waals surface area contributed by atoms with Crippen molar-refractivity contribution in [2.45, 2.75) is 0 Å². The van der Waals surface area contributed by atoms with Crippen molar-refractivity contribution in [1.82, 2.24) is 4.90 Å². The zero-order chi connectivity index (χ0) is 14.0. The van der Waals surface area contributed by atoms with E-state index in [1.165, 1.54) is 4.90 Å². The molecule has 1 aliphatic heterocycles. The van der Waals surface area contributed by atoms with Crippen LogP contribution < -0.4 is 21.1 Å². The first-order valence-electron chi connectivity index (χ1n) is 5.77. The molecule has 7 nitrogen and oxygen atoms in total. The number of rotatable bonds is 3. The SMILES string of the molecule is CN(C)C(=O)CNc1cc2c(cc1N)OCC(=O)N2. The van der Waals surface area contributed by atoms with Gasteiger partial charge in [-0.2, -0.15) is 0 Å². The predicted molar refractivity (Wildman–Crippen MR) is 72.2 cm³/mol. The Bertz CT molecular complexity index is 528. The molecule has 0 saturated carbocycles. The van der Waals surface area contributed by atoms with Gasteiger partial charge in [0.1, 0.15) is 5.75 Å². The molecule has 0 radical (unpaired) electrons. The molecule has 0 spiro atoms. The molecular weight excluding hydrogens is 248 g/mol. The molecule has 0 fully saturated rings. The fourth-order valence-electron chi connectivity index (χ4n) is 1.62. The lowest BCUT2D eigenvalue weighted by Gasteiger charge is -2.20. The lowest BCUT2D eigenvalue weighted by atomic mass is 10.2. The van der Waals surface area contributed by atoms with Crippen molar-refractivity contribution in [2.24, 2.45) is 0 Å². The third-order valence-corrected chi connectivity index (χ3v) is 2.71. The molecule has 19 heavy (non-hydrogen) atoms. The molecule has 2 amide bonds. The van der Waals surface area contributed by atoms with Gasteiger partial charge in [0.15, 0.2) is 6.61 Å².